The molecule has 4 atom stereocenters. The van der Waals surface area contributed by atoms with Gasteiger partial charge in [0.15, 0.2) is 23.5 Å². The predicted octanol–water partition coefficient (Wildman–Crippen LogP) is 2.56. The summed E-state index contributed by atoms with van der Waals surface area (Å²) in [6, 6.07) is 8.56. The summed E-state index contributed by atoms with van der Waals surface area (Å²) in [7, 11) is 1.61. The molecule has 1 saturated heterocycles. The molecular weight excluding hydrogens is 457 g/mol. The average Bonchev–Trinajstić information content (AvgIpc) is 3.43. The Morgan fingerprint density at radius 2 is 1.97 bits per heavy atom. The Bertz CT molecular complexity index is 1260. The van der Waals surface area contributed by atoms with Crippen molar-refractivity contribution in [3.8, 4) is 11.5 Å². The third-order valence-electron chi connectivity index (χ3n) is 7.34. The van der Waals surface area contributed by atoms with Crippen LogP contribution >= 0.6 is 0 Å². The van der Waals surface area contributed by atoms with Gasteiger partial charge >= 0.3 is 5.97 Å². The number of oxime groups is 1. The van der Waals surface area contributed by atoms with E-state index in [0.717, 1.165) is 23.1 Å². The lowest BCUT2D eigenvalue weighted by Gasteiger charge is -2.43. The van der Waals surface area contributed by atoms with Crippen LogP contribution in [0.25, 0.3) is 0 Å². The monoisotopic (exact) mass is 481 g/mol. The van der Waals surface area contributed by atoms with E-state index in [1.165, 1.54) is 0 Å². The Kier molecular flexibility index (Phi) is 4.87. The first kappa shape index (κ1) is 21.7. The van der Waals surface area contributed by atoms with Crippen molar-refractivity contribution in [1.29, 1.82) is 0 Å². The van der Waals surface area contributed by atoms with Crippen LogP contribution in [0.2, 0.25) is 0 Å². The van der Waals surface area contributed by atoms with Crippen molar-refractivity contribution in [3.63, 3.8) is 0 Å². The summed E-state index contributed by atoms with van der Waals surface area (Å²) >= 11 is 0. The standard InChI is InChI=1S/C25H24FN3O6/c1-12-11-34-24-21-15(23(30)17(25(31)32)9-29(12)21)7-18(26)22(24)28-8-16-19(10-28)35-27-20(16)13-3-5-14(33-2)6-4-13/h3-7,12,16-17,19H,8-11H2,1-2H3,(H,31,32)/t12-,16?,17?,19?/m0/s1. The van der Waals surface area contributed by atoms with E-state index < -0.39 is 23.5 Å². The molecule has 35 heavy (non-hydrogen) atoms. The number of carboxylic acid groups (broad SMARTS) is 1. The molecule has 0 amide bonds. The number of nitrogens with zero attached hydrogens (tertiary/aromatic N) is 3. The third-order valence-corrected chi connectivity index (χ3v) is 7.34. The van der Waals surface area contributed by atoms with Gasteiger partial charge in [0.05, 0.1) is 37.0 Å². The Hall–Kier alpha value is -3.82. The van der Waals surface area contributed by atoms with Gasteiger partial charge in [0.1, 0.15) is 24.0 Å². The van der Waals surface area contributed by atoms with Gasteiger partial charge in [-0.2, -0.15) is 0 Å². The lowest BCUT2D eigenvalue weighted by Crippen LogP contribution is -2.51. The Labute approximate surface area is 200 Å². The minimum atomic E-state index is -1.23. The van der Waals surface area contributed by atoms with Crippen LogP contribution in [0.5, 0.6) is 11.5 Å². The van der Waals surface area contributed by atoms with E-state index in [4.69, 9.17) is 14.3 Å². The van der Waals surface area contributed by atoms with Crippen molar-refractivity contribution in [2.45, 2.75) is 19.1 Å². The molecule has 4 aliphatic heterocycles. The fourth-order valence-corrected chi connectivity index (χ4v) is 5.50. The van der Waals surface area contributed by atoms with Crippen molar-refractivity contribution in [3.05, 3.63) is 47.3 Å². The maximum atomic E-state index is 15.6. The number of methoxy groups -OCH3 is 1. The molecule has 0 saturated carbocycles. The van der Waals surface area contributed by atoms with Gasteiger partial charge in [0.25, 0.3) is 0 Å². The van der Waals surface area contributed by atoms with E-state index in [0.29, 0.717) is 18.8 Å². The topological polar surface area (TPSA) is 101 Å². The summed E-state index contributed by atoms with van der Waals surface area (Å²) in [5, 5.41) is 13.8. The second-order valence-electron chi connectivity index (χ2n) is 9.36. The number of carbonyl (C=O) groups excluding carboxylic acids is 1. The zero-order chi connectivity index (χ0) is 24.4. The van der Waals surface area contributed by atoms with Gasteiger partial charge < -0.3 is 29.2 Å². The molecule has 0 radical (unpaired) electrons. The molecule has 2 aromatic carbocycles. The minimum Gasteiger partial charge on any atom is -0.497 e. The summed E-state index contributed by atoms with van der Waals surface area (Å²) in [4.78, 5) is 34.0. The minimum absolute atomic E-state index is 0.0341. The van der Waals surface area contributed by atoms with Gasteiger partial charge in [0, 0.05) is 24.2 Å². The van der Waals surface area contributed by atoms with E-state index in [1.54, 1.807) is 7.11 Å². The van der Waals surface area contributed by atoms with Crippen LogP contribution in [-0.4, -0.2) is 68.1 Å². The van der Waals surface area contributed by atoms with E-state index in [1.807, 2.05) is 41.0 Å². The molecule has 0 aliphatic carbocycles. The van der Waals surface area contributed by atoms with E-state index in [9.17, 15) is 14.7 Å². The van der Waals surface area contributed by atoms with Crippen molar-refractivity contribution in [2.75, 3.05) is 43.2 Å². The Morgan fingerprint density at radius 3 is 2.69 bits per heavy atom. The normalized spacial score (nSPS) is 26.5. The van der Waals surface area contributed by atoms with Crippen molar-refractivity contribution >= 4 is 28.8 Å². The SMILES string of the molecule is COc1ccc(C2=NOC3CN(c4c(F)cc5c6c4OC[C@H](C)N6CC(C(=O)O)C5=O)CC23)cc1. The summed E-state index contributed by atoms with van der Waals surface area (Å²) in [6.45, 7) is 3.06. The fraction of sp³-hybridized carbons (Fsp3) is 0.400. The molecule has 9 nitrogen and oxygen atoms in total. The first-order valence-electron chi connectivity index (χ1n) is 11.5. The molecular formula is C25H24FN3O6. The van der Waals surface area contributed by atoms with E-state index >= 15 is 4.39 Å². The zero-order valence-corrected chi connectivity index (χ0v) is 19.2. The molecule has 2 aromatic rings. The highest BCUT2D eigenvalue weighted by molar-refractivity contribution is 6.15. The van der Waals surface area contributed by atoms with Crippen LogP contribution in [0.3, 0.4) is 0 Å². The Morgan fingerprint density at radius 1 is 1.20 bits per heavy atom. The van der Waals surface area contributed by atoms with Crippen LogP contribution in [-0.2, 0) is 9.63 Å². The predicted molar refractivity (Wildman–Crippen MR) is 124 cm³/mol. The second-order valence-corrected chi connectivity index (χ2v) is 9.36. The maximum absolute atomic E-state index is 15.6. The summed E-state index contributed by atoms with van der Waals surface area (Å²) < 4.78 is 26.8. The number of benzene rings is 2. The third kappa shape index (κ3) is 3.23. The average molecular weight is 481 g/mol. The van der Waals surface area contributed by atoms with Gasteiger partial charge in [-0.05, 0) is 37.3 Å². The first-order valence-corrected chi connectivity index (χ1v) is 11.5. The molecule has 0 aromatic heterocycles. The molecule has 182 valence electrons. The lowest BCUT2D eigenvalue weighted by atomic mass is 9.88. The second kappa shape index (κ2) is 7.86. The van der Waals surface area contributed by atoms with Gasteiger partial charge in [0.2, 0.25) is 0 Å². The molecule has 1 N–H and O–H groups in total. The summed E-state index contributed by atoms with van der Waals surface area (Å²) in [5.74, 6) is -2.69. The van der Waals surface area contributed by atoms with Crippen LogP contribution < -0.4 is 19.3 Å². The number of fused-ring (bicyclic) bond motifs is 1. The number of Topliss-reactive ketones (excluding diaryl/α,β-unsaturated/α-hetero) is 1. The smallest absolute Gasteiger partial charge is 0.316 e. The largest absolute Gasteiger partial charge is 0.497 e. The van der Waals surface area contributed by atoms with Gasteiger partial charge in [-0.3, -0.25) is 9.59 Å². The van der Waals surface area contributed by atoms with Crippen LogP contribution in [0.15, 0.2) is 35.5 Å². The van der Waals surface area contributed by atoms with Crippen molar-refractivity contribution in [1.82, 2.24) is 0 Å². The van der Waals surface area contributed by atoms with Crippen LogP contribution in [0.1, 0.15) is 22.8 Å². The zero-order valence-electron chi connectivity index (χ0n) is 19.2. The molecule has 3 unspecified atom stereocenters. The van der Waals surface area contributed by atoms with Crippen LogP contribution in [0, 0.1) is 17.7 Å². The Balaban J connectivity index is 1.36. The number of carbonyl (C=O) groups is 2. The number of aliphatic carboxylic acids is 1. The molecule has 1 fully saturated rings. The van der Waals surface area contributed by atoms with Crippen molar-refractivity contribution < 1.29 is 33.4 Å². The molecule has 10 heteroatoms. The molecule has 6 rings (SSSR count). The molecule has 0 spiro atoms. The highest BCUT2D eigenvalue weighted by Crippen LogP contribution is 2.50. The van der Waals surface area contributed by atoms with Gasteiger partial charge in [-0.15, -0.1) is 0 Å². The van der Waals surface area contributed by atoms with Gasteiger partial charge in [-0.1, -0.05) is 5.16 Å². The number of rotatable bonds is 4. The molecule has 4 aliphatic rings. The maximum Gasteiger partial charge on any atom is 0.316 e. The van der Waals surface area contributed by atoms with Crippen molar-refractivity contribution in [2.24, 2.45) is 17.0 Å². The number of hydrogen-bond acceptors (Lipinski definition) is 8. The number of ketones is 1. The number of carboxylic acids is 1. The lowest BCUT2D eigenvalue weighted by molar-refractivity contribution is -0.139. The highest BCUT2D eigenvalue weighted by atomic mass is 19.1. The number of anilines is 2. The number of ether oxygens (including phenoxy) is 2. The summed E-state index contributed by atoms with van der Waals surface area (Å²) in [6.07, 6.45) is -0.244. The number of hydrogen-bond donors (Lipinski definition) is 1. The van der Waals surface area contributed by atoms with E-state index in [-0.39, 0.29) is 48.2 Å². The number of halogens is 1. The fourth-order valence-electron chi connectivity index (χ4n) is 5.50. The van der Waals surface area contributed by atoms with Crippen LogP contribution in [0.4, 0.5) is 15.8 Å². The molecule has 0 bridgehead atoms. The van der Waals surface area contributed by atoms with Gasteiger partial charge in [-0.25, -0.2) is 4.39 Å². The van der Waals surface area contributed by atoms with E-state index in [2.05, 4.69) is 5.16 Å². The quantitative estimate of drug-likeness (QED) is 0.665. The first-order chi connectivity index (χ1) is 16.9. The highest BCUT2D eigenvalue weighted by Gasteiger charge is 2.47. The summed E-state index contributed by atoms with van der Waals surface area (Å²) in [5.41, 5.74) is 2.51. The molecule has 4 heterocycles.